The molecule has 0 aliphatic carbocycles. The molecule has 1 fully saturated rings. The van der Waals surface area contributed by atoms with E-state index in [1.807, 2.05) is 12.1 Å². The summed E-state index contributed by atoms with van der Waals surface area (Å²) < 4.78 is 26.6. The van der Waals surface area contributed by atoms with Crippen LogP contribution in [0.5, 0.6) is 0 Å². The van der Waals surface area contributed by atoms with E-state index >= 15 is 0 Å². The van der Waals surface area contributed by atoms with Gasteiger partial charge in [-0.1, -0.05) is 12.1 Å². The first-order valence-corrected chi connectivity index (χ1v) is 8.27. The molecule has 3 rings (SSSR count). The first-order valence-electron chi connectivity index (χ1n) is 8.27. The summed E-state index contributed by atoms with van der Waals surface area (Å²) in [4.78, 5) is 16.8. The van der Waals surface area contributed by atoms with Gasteiger partial charge in [0, 0.05) is 44.5 Å². The molecule has 6 heteroatoms. The number of nitrogens with zero attached hydrogens (tertiary/aromatic N) is 2. The molecule has 25 heavy (non-hydrogen) atoms. The molecule has 1 heterocycles. The standard InChI is InChI=1S/C19H21F2N3O/c1-23-8-10-24(11-9-23)13-14-2-5-16(6-3-14)22-19(25)17-7-4-15(20)12-18(17)21/h2-7,12H,8-11,13H2,1H3,(H,22,25). The molecule has 0 unspecified atom stereocenters. The minimum Gasteiger partial charge on any atom is -0.322 e. The molecule has 0 saturated carbocycles. The van der Waals surface area contributed by atoms with Gasteiger partial charge in [-0.05, 0) is 36.9 Å². The minimum absolute atomic E-state index is 0.178. The zero-order valence-corrected chi connectivity index (χ0v) is 14.1. The van der Waals surface area contributed by atoms with E-state index in [1.54, 1.807) is 12.1 Å². The number of carbonyl (C=O) groups excluding carboxylic acids is 1. The maximum absolute atomic E-state index is 13.6. The quantitative estimate of drug-likeness (QED) is 0.925. The summed E-state index contributed by atoms with van der Waals surface area (Å²) in [5, 5.41) is 2.63. The molecule has 0 spiro atoms. The van der Waals surface area contributed by atoms with E-state index in [1.165, 1.54) is 0 Å². The average molecular weight is 345 g/mol. The topological polar surface area (TPSA) is 35.6 Å². The van der Waals surface area contributed by atoms with Gasteiger partial charge in [0.1, 0.15) is 11.6 Å². The Morgan fingerprint density at radius 2 is 1.72 bits per heavy atom. The number of halogens is 2. The molecule has 1 amide bonds. The minimum atomic E-state index is -0.871. The van der Waals surface area contributed by atoms with Crippen LogP contribution in [0, 0.1) is 11.6 Å². The second-order valence-electron chi connectivity index (χ2n) is 6.35. The van der Waals surface area contributed by atoms with Gasteiger partial charge in [0.15, 0.2) is 0 Å². The predicted octanol–water partition coefficient (Wildman–Crippen LogP) is 2.96. The van der Waals surface area contributed by atoms with Crippen molar-refractivity contribution in [3.8, 4) is 0 Å². The number of nitrogens with one attached hydrogen (secondary N) is 1. The zero-order chi connectivity index (χ0) is 17.8. The van der Waals surface area contributed by atoms with E-state index in [4.69, 9.17) is 0 Å². The van der Waals surface area contributed by atoms with Crippen molar-refractivity contribution in [2.24, 2.45) is 0 Å². The molecule has 2 aromatic carbocycles. The zero-order valence-electron chi connectivity index (χ0n) is 14.1. The summed E-state index contributed by atoms with van der Waals surface area (Å²) in [5.74, 6) is -2.17. The maximum Gasteiger partial charge on any atom is 0.258 e. The van der Waals surface area contributed by atoms with Gasteiger partial charge in [-0.2, -0.15) is 0 Å². The van der Waals surface area contributed by atoms with E-state index in [0.29, 0.717) is 11.8 Å². The summed E-state index contributed by atoms with van der Waals surface area (Å²) in [7, 11) is 2.12. The third-order valence-corrected chi connectivity index (χ3v) is 4.39. The lowest BCUT2D eigenvalue weighted by Gasteiger charge is -2.32. The Morgan fingerprint density at radius 3 is 2.36 bits per heavy atom. The third-order valence-electron chi connectivity index (χ3n) is 4.39. The molecule has 0 bridgehead atoms. The van der Waals surface area contributed by atoms with Crippen molar-refractivity contribution in [2.45, 2.75) is 6.54 Å². The molecule has 4 nitrogen and oxygen atoms in total. The van der Waals surface area contributed by atoms with Crippen molar-refractivity contribution in [1.29, 1.82) is 0 Å². The monoisotopic (exact) mass is 345 g/mol. The number of likely N-dealkylation sites (N-methyl/N-ethyl adjacent to an activating group) is 1. The number of hydrogen-bond donors (Lipinski definition) is 1. The van der Waals surface area contributed by atoms with Crippen LogP contribution in [0.25, 0.3) is 0 Å². The van der Waals surface area contributed by atoms with Crippen molar-refractivity contribution in [1.82, 2.24) is 9.80 Å². The maximum atomic E-state index is 13.6. The summed E-state index contributed by atoms with van der Waals surface area (Å²) >= 11 is 0. The fourth-order valence-electron chi connectivity index (χ4n) is 2.83. The highest BCUT2D eigenvalue weighted by atomic mass is 19.1. The van der Waals surface area contributed by atoms with Crippen LogP contribution in [0.2, 0.25) is 0 Å². The highest BCUT2D eigenvalue weighted by Crippen LogP contribution is 2.15. The highest BCUT2D eigenvalue weighted by Gasteiger charge is 2.15. The summed E-state index contributed by atoms with van der Waals surface area (Å²) in [6.07, 6.45) is 0. The summed E-state index contributed by atoms with van der Waals surface area (Å²) in [6.45, 7) is 5.08. The number of carbonyl (C=O) groups is 1. The highest BCUT2D eigenvalue weighted by molar-refractivity contribution is 6.04. The Labute approximate surface area is 146 Å². The molecule has 132 valence electrons. The van der Waals surface area contributed by atoms with Gasteiger partial charge in [-0.25, -0.2) is 8.78 Å². The summed E-state index contributed by atoms with van der Waals surface area (Å²) in [6, 6.07) is 10.4. The largest absolute Gasteiger partial charge is 0.322 e. The predicted molar refractivity (Wildman–Crippen MR) is 93.5 cm³/mol. The molecule has 1 aliphatic rings. The van der Waals surface area contributed by atoms with Gasteiger partial charge in [0.25, 0.3) is 5.91 Å². The number of rotatable bonds is 4. The lowest BCUT2D eigenvalue weighted by atomic mass is 10.1. The van der Waals surface area contributed by atoms with E-state index in [0.717, 1.165) is 50.4 Å². The Balaban J connectivity index is 1.59. The van der Waals surface area contributed by atoms with Crippen LogP contribution in [-0.2, 0) is 6.54 Å². The van der Waals surface area contributed by atoms with Crippen LogP contribution in [0.1, 0.15) is 15.9 Å². The van der Waals surface area contributed by atoms with Gasteiger partial charge in [-0.3, -0.25) is 9.69 Å². The van der Waals surface area contributed by atoms with Crippen molar-refractivity contribution in [3.63, 3.8) is 0 Å². The second kappa shape index (κ2) is 7.72. The molecular weight excluding hydrogens is 324 g/mol. The lowest BCUT2D eigenvalue weighted by molar-refractivity contribution is 0.102. The van der Waals surface area contributed by atoms with Crippen LogP contribution in [-0.4, -0.2) is 48.9 Å². The van der Waals surface area contributed by atoms with Crippen LogP contribution in [0.4, 0.5) is 14.5 Å². The van der Waals surface area contributed by atoms with Gasteiger partial charge in [-0.15, -0.1) is 0 Å². The molecule has 0 atom stereocenters. The van der Waals surface area contributed by atoms with Gasteiger partial charge in [0.05, 0.1) is 5.56 Å². The average Bonchev–Trinajstić information content (AvgIpc) is 2.58. The van der Waals surface area contributed by atoms with Crippen LogP contribution >= 0.6 is 0 Å². The van der Waals surface area contributed by atoms with E-state index in [2.05, 4.69) is 22.2 Å². The number of hydrogen-bond acceptors (Lipinski definition) is 3. The Kier molecular flexibility index (Phi) is 5.40. The normalized spacial score (nSPS) is 16.0. The SMILES string of the molecule is CN1CCN(Cc2ccc(NC(=O)c3ccc(F)cc3F)cc2)CC1. The Hall–Kier alpha value is -2.31. The molecule has 1 aliphatic heterocycles. The fraction of sp³-hybridized carbons (Fsp3) is 0.316. The molecule has 2 aromatic rings. The molecule has 0 radical (unpaired) electrons. The lowest BCUT2D eigenvalue weighted by Crippen LogP contribution is -2.43. The van der Waals surface area contributed by atoms with Crippen molar-refractivity contribution in [3.05, 3.63) is 65.2 Å². The first kappa shape index (κ1) is 17.5. The summed E-state index contributed by atoms with van der Waals surface area (Å²) in [5.41, 5.74) is 1.56. The fourth-order valence-corrected chi connectivity index (χ4v) is 2.83. The molecule has 0 aromatic heterocycles. The van der Waals surface area contributed by atoms with Gasteiger partial charge >= 0.3 is 0 Å². The number of piperazine rings is 1. The number of benzene rings is 2. The van der Waals surface area contributed by atoms with Crippen LogP contribution in [0.3, 0.4) is 0 Å². The van der Waals surface area contributed by atoms with E-state index in [-0.39, 0.29) is 5.56 Å². The van der Waals surface area contributed by atoms with Gasteiger partial charge in [0.2, 0.25) is 0 Å². The van der Waals surface area contributed by atoms with Gasteiger partial charge < -0.3 is 10.2 Å². The Morgan fingerprint density at radius 1 is 1.04 bits per heavy atom. The third kappa shape index (κ3) is 4.61. The molecule has 1 saturated heterocycles. The second-order valence-corrected chi connectivity index (χ2v) is 6.35. The van der Waals surface area contributed by atoms with Crippen LogP contribution < -0.4 is 5.32 Å². The number of amides is 1. The van der Waals surface area contributed by atoms with E-state index in [9.17, 15) is 13.6 Å². The first-order chi connectivity index (χ1) is 12.0. The molecular formula is C19H21F2N3O. The number of anilines is 1. The Bertz CT molecular complexity index is 741. The van der Waals surface area contributed by atoms with Crippen molar-refractivity contribution < 1.29 is 13.6 Å². The smallest absolute Gasteiger partial charge is 0.258 e. The van der Waals surface area contributed by atoms with Crippen LogP contribution in [0.15, 0.2) is 42.5 Å². The van der Waals surface area contributed by atoms with E-state index < -0.39 is 17.5 Å². The van der Waals surface area contributed by atoms with Crippen molar-refractivity contribution >= 4 is 11.6 Å². The molecule has 1 N–H and O–H groups in total. The van der Waals surface area contributed by atoms with Crippen molar-refractivity contribution in [2.75, 3.05) is 38.5 Å².